The Morgan fingerprint density at radius 2 is 1.88 bits per heavy atom. The van der Waals surface area contributed by atoms with Crippen LogP contribution in [0.2, 0.25) is 0 Å². The smallest absolute Gasteiger partial charge is 0 e. The molecular formula is C15H29Y-. The second kappa shape index (κ2) is 9.09. The first-order valence-corrected chi connectivity index (χ1v) is 6.94. The number of hydrogen-bond acceptors (Lipinski definition) is 0. The Kier molecular flexibility index (Phi) is 9.72. The van der Waals surface area contributed by atoms with Gasteiger partial charge in [-0.15, -0.1) is 0 Å². The Hall–Kier alpha value is 1.10. The van der Waals surface area contributed by atoms with E-state index in [0.29, 0.717) is 0 Å². The zero-order chi connectivity index (χ0) is 11.3. The zero-order valence-corrected chi connectivity index (χ0v) is 14.6. The summed E-state index contributed by atoms with van der Waals surface area (Å²) < 4.78 is 0. The van der Waals surface area contributed by atoms with Crippen molar-refractivity contribution in [3.05, 3.63) is 5.92 Å². The fourth-order valence-electron chi connectivity index (χ4n) is 2.81. The van der Waals surface area contributed by atoms with Crippen LogP contribution >= 0.6 is 0 Å². The summed E-state index contributed by atoms with van der Waals surface area (Å²) in [7, 11) is 0. The Labute approximate surface area is 128 Å². The van der Waals surface area contributed by atoms with Crippen molar-refractivity contribution in [3.8, 4) is 0 Å². The molecule has 1 heteroatoms. The van der Waals surface area contributed by atoms with Crippen LogP contribution in [-0.2, 0) is 32.7 Å². The van der Waals surface area contributed by atoms with Crippen molar-refractivity contribution in [1.82, 2.24) is 0 Å². The molecule has 2 atom stereocenters. The first-order valence-electron chi connectivity index (χ1n) is 6.94. The molecule has 0 saturated heterocycles. The van der Waals surface area contributed by atoms with Crippen molar-refractivity contribution in [3.63, 3.8) is 0 Å². The molecule has 1 rings (SSSR count). The molecule has 0 heterocycles. The predicted octanol–water partition coefficient (Wildman–Crippen LogP) is 5.23. The van der Waals surface area contributed by atoms with Gasteiger partial charge in [-0.2, -0.15) is 18.8 Å². The third kappa shape index (κ3) is 6.75. The van der Waals surface area contributed by atoms with Crippen molar-refractivity contribution in [2.75, 3.05) is 0 Å². The van der Waals surface area contributed by atoms with Crippen LogP contribution in [0.4, 0.5) is 0 Å². The monoisotopic (exact) mass is 298 g/mol. The van der Waals surface area contributed by atoms with Gasteiger partial charge in [0.2, 0.25) is 0 Å². The van der Waals surface area contributed by atoms with E-state index >= 15 is 0 Å². The second-order valence-electron chi connectivity index (χ2n) is 6.09. The molecule has 0 aromatic heterocycles. The van der Waals surface area contributed by atoms with Crippen LogP contribution in [0, 0.1) is 23.7 Å². The molecule has 1 fully saturated rings. The SMILES string of the molecule is CC(C)CCCC(C)C[C-]1CCCC1C.[Y]. The molecule has 0 aromatic carbocycles. The van der Waals surface area contributed by atoms with Crippen molar-refractivity contribution in [2.24, 2.45) is 17.8 Å². The van der Waals surface area contributed by atoms with Crippen molar-refractivity contribution < 1.29 is 32.7 Å². The molecule has 93 valence electrons. The van der Waals surface area contributed by atoms with Crippen molar-refractivity contribution >= 4 is 0 Å². The third-order valence-corrected chi connectivity index (χ3v) is 3.92. The number of hydrogen-bond donors (Lipinski definition) is 0. The molecule has 16 heavy (non-hydrogen) atoms. The van der Waals surface area contributed by atoms with Gasteiger partial charge in [0.15, 0.2) is 0 Å². The first-order chi connectivity index (χ1) is 7.09. The van der Waals surface area contributed by atoms with E-state index in [9.17, 15) is 0 Å². The van der Waals surface area contributed by atoms with E-state index in [1.807, 2.05) is 5.92 Å². The minimum absolute atomic E-state index is 0. The van der Waals surface area contributed by atoms with Gasteiger partial charge in [-0.25, -0.2) is 0 Å². The topological polar surface area (TPSA) is 0 Å². The molecule has 1 aliphatic rings. The second-order valence-corrected chi connectivity index (χ2v) is 6.09. The van der Waals surface area contributed by atoms with Crippen molar-refractivity contribution in [2.45, 2.75) is 72.6 Å². The van der Waals surface area contributed by atoms with Gasteiger partial charge in [0, 0.05) is 32.7 Å². The Morgan fingerprint density at radius 3 is 2.38 bits per heavy atom. The predicted molar refractivity (Wildman–Crippen MR) is 68.7 cm³/mol. The van der Waals surface area contributed by atoms with Crippen LogP contribution in [-0.4, -0.2) is 0 Å². The molecule has 0 bridgehead atoms. The molecule has 0 aliphatic heterocycles. The summed E-state index contributed by atoms with van der Waals surface area (Å²) in [6.07, 6.45) is 10.0. The average Bonchev–Trinajstić information content (AvgIpc) is 2.51. The van der Waals surface area contributed by atoms with E-state index in [0.717, 1.165) is 17.8 Å². The summed E-state index contributed by atoms with van der Waals surface area (Å²) in [5, 5.41) is 0. The quantitative estimate of drug-likeness (QED) is 0.589. The Morgan fingerprint density at radius 1 is 1.19 bits per heavy atom. The van der Waals surface area contributed by atoms with Gasteiger partial charge in [-0.05, 0) is 5.92 Å². The fourth-order valence-corrected chi connectivity index (χ4v) is 2.81. The molecule has 0 spiro atoms. The fraction of sp³-hybridized carbons (Fsp3) is 0.933. The van der Waals surface area contributed by atoms with E-state index in [4.69, 9.17) is 0 Å². The van der Waals surface area contributed by atoms with Crippen LogP contribution in [0.3, 0.4) is 0 Å². The van der Waals surface area contributed by atoms with Gasteiger partial charge in [0.25, 0.3) is 0 Å². The summed E-state index contributed by atoms with van der Waals surface area (Å²) in [4.78, 5) is 0. The van der Waals surface area contributed by atoms with Gasteiger partial charge < -0.3 is 5.92 Å². The molecule has 1 radical (unpaired) electrons. The average molecular weight is 298 g/mol. The van der Waals surface area contributed by atoms with Gasteiger partial charge in [-0.1, -0.05) is 65.7 Å². The van der Waals surface area contributed by atoms with E-state index < -0.39 is 0 Å². The van der Waals surface area contributed by atoms with Crippen molar-refractivity contribution in [1.29, 1.82) is 0 Å². The van der Waals surface area contributed by atoms with E-state index in [2.05, 4.69) is 27.7 Å². The maximum Gasteiger partial charge on any atom is 0 e. The van der Waals surface area contributed by atoms with E-state index in [1.165, 1.54) is 44.9 Å². The molecule has 0 amide bonds. The van der Waals surface area contributed by atoms with E-state index in [1.54, 1.807) is 0 Å². The Bertz CT molecular complexity index is 165. The third-order valence-electron chi connectivity index (χ3n) is 3.92. The summed E-state index contributed by atoms with van der Waals surface area (Å²) in [5.41, 5.74) is 0. The maximum absolute atomic E-state index is 2.44. The number of rotatable bonds is 6. The minimum Gasteiger partial charge on any atom is -0.311 e. The largest absolute Gasteiger partial charge is 0.311 e. The van der Waals surface area contributed by atoms with Gasteiger partial charge in [0.05, 0.1) is 0 Å². The van der Waals surface area contributed by atoms with Crippen LogP contribution in [0.1, 0.15) is 72.6 Å². The molecule has 1 aliphatic carbocycles. The van der Waals surface area contributed by atoms with Crippen LogP contribution in [0.5, 0.6) is 0 Å². The molecule has 0 nitrogen and oxygen atoms in total. The van der Waals surface area contributed by atoms with Gasteiger partial charge in [-0.3, -0.25) is 0 Å². The van der Waals surface area contributed by atoms with E-state index in [-0.39, 0.29) is 32.7 Å². The van der Waals surface area contributed by atoms with Crippen LogP contribution in [0.25, 0.3) is 0 Å². The summed E-state index contributed by atoms with van der Waals surface area (Å²) in [6.45, 7) is 9.53. The van der Waals surface area contributed by atoms with Gasteiger partial charge in [0.1, 0.15) is 0 Å². The van der Waals surface area contributed by atoms with Crippen LogP contribution in [0.15, 0.2) is 0 Å². The van der Waals surface area contributed by atoms with Gasteiger partial charge >= 0.3 is 0 Å². The standard InChI is InChI=1S/C15H29.Y/c1-12(2)7-5-8-13(3)11-15-10-6-9-14(15)4;/h12-14H,5-11H2,1-4H3;/q-1;. The Balaban J connectivity index is 0.00000225. The molecular weight excluding hydrogens is 269 g/mol. The molecule has 0 N–H and O–H groups in total. The minimum atomic E-state index is 0. The molecule has 0 aromatic rings. The molecule has 1 saturated carbocycles. The zero-order valence-electron chi connectivity index (χ0n) is 11.8. The first kappa shape index (κ1) is 17.1. The summed E-state index contributed by atoms with van der Waals surface area (Å²) >= 11 is 0. The summed E-state index contributed by atoms with van der Waals surface area (Å²) in [6, 6.07) is 0. The molecule has 2 unspecified atom stereocenters. The van der Waals surface area contributed by atoms with Crippen LogP contribution < -0.4 is 0 Å². The normalized spacial score (nSPS) is 23.4. The summed E-state index contributed by atoms with van der Waals surface area (Å²) in [5.74, 6) is 4.61. The maximum atomic E-state index is 2.44.